The summed E-state index contributed by atoms with van der Waals surface area (Å²) in [5.41, 5.74) is 8.72. The third kappa shape index (κ3) is 3.01. The molecule has 2 aromatic rings. The first-order valence-corrected chi connectivity index (χ1v) is 7.97. The number of para-hydroxylation sites is 1. The summed E-state index contributed by atoms with van der Waals surface area (Å²) in [6.07, 6.45) is 0. The van der Waals surface area contributed by atoms with Crippen LogP contribution in [0.5, 0.6) is 0 Å². The summed E-state index contributed by atoms with van der Waals surface area (Å²) < 4.78 is 26.7. The molecule has 0 saturated carbocycles. The molecular formula is C15H19N3O2S. The molecule has 6 heteroatoms. The molecule has 0 bridgehead atoms. The molecule has 0 saturated heterocycles. The van der Waals surface area contributed by atoms with Crippen LogP contribution < -0.4 is 15.4 Å². The maximum absolute atomic E-state index is 12.2. The number of nitrogens with one attached hydrogen (secondary N) is 1. The van der Waals surface area contributed by atoms with E-state index in [1.54, 1.807) is 12.1 Å². The lowest BCUT2D eigenvalue weighted by Crippen LogP contribution is -2.22. The molecule has 0 unspecified atom stereocenters. The van der Waals surface area contributed by atoms with Gasteiger partial charge in [0.05, 0.1) is 5.69 Å². The van der Waals surface area contributed by atoms with Crippen LogP contribution in [-0.2, 0) is 10.0 Å². The van der Waals surface area contributed by atoms with Gasteiger partial charge in [-0.15, -0.1) is 0 Å². The van der Waals surface area contributed by atoms with Gasteiger partial charge in [-0.3, -0.25) is 0 Å². The zero-order chi connectivity index (χ0) is 15.6. The number of sulfonamides is 1. The lowest BCUT2D eigenvalue weighted by atomic mass is 10.1. The Hall–Kier alpha value is -2.05. The SMILES string of the molecule is CNS(=O)(=O)c1cc(N)ccc1N(C)c1ccccc1C. The highest BCUT2D eigenvalue weighted by atomic mass is 32.2. The fourth-order valence-corrected chi connectivity index (χ4v) is 3.19. The Labute approximate surface area is 125 Å². The first-order valence-electron chi connectivity index (χ1n) is 6.49. The molecule has 0 atom stereocenters. The zero-order valence-corrected chi connectivity index (χ0v) is 13.1. The average molecular weight is 305 g/mol. The minimum atomic E-state index is -3.59. The summed E-state index contributed by atoms with van der Waals surface area (Å²) in [6.45, 7) is 1.98. The van der Waals surface area contributed by atoms with Crippen molar-refractivity contribution in [3.05, 3.63) is 48.0 Å². The largest absolute Gasteiger partial charge is 0.399 e. The van der Waals surface area contributed by atoms with E-state index in [1.807, 2.05) is 43.1 Å². The van der Waals surface area contributed by atoms with E-state index in [1.165, 1.54) is 13.1 Å². The Morgan fingerprint density at radius 2 is 1.76 bits per heavy atom. The van der Waals surface area contributed by atoms with E-state index in [0.717, 1.165) is 11.3 Å². The van der Waals surface area contributed by atoms with Crippen LogP contribution in [0.1, 0.15) is 5.56 Å². The number of rotatable bonds is 4. The maximum atomic E-state index is 12.2. The van der Waals surface area contributed by atoms with Gasteiger partial charge in [0, 0.05) is 18.4 Å². The van der Waals surface area contributed by atoms with Gasteiger partial charge in [0.1, 0.15) is 4.90 Å². The second-order valence-electron chi connectivity index (χ2n) is 4.78. The summed E-state index contributed by atoms with van der Waals surface area (Å²) in [6, 6.07) is 12.7. The number of nitrogens with two attached hydrogens (primary N) is 1. The van der Waals surface area contributed by atoms with Crippen molar-refractivity contribution in [3.8, 4) is 0 Å². The molecule has 0 fully saturated rings. The van der Waals surface area contributed by atoms with E-state index in [-0.39, 0.29) is 4.90 Å². The number of aryl methyl sites for hydroxylation is 1. The van der Waals surface area contributed by atoms with Gasteiger partial charge in [-0.05, 0) is 43.8 Å². The van der Waals surface area contributed by atoms with Crippen LogP contribution in [0.15, 0.2) is 47.4 Å². The van der Waals surface area contributed by atoms with Crippen molar-refractivity contribution in [2.24, 2.45) is 0 Å². The second kappa shape index (κ2) is 5.75. The van der Waals surface area contributed by atoms with Crippen molar-refractivity contribution < 1.29 is 8.42 Å². The van der Waals surface area contributed by atoms with E-state index in [2.05, 4.69) is 4.72 Å². The molecule has 21 heavy (non-hydrogen) atoms. The summed E-state index contributed by atoms with van der Waals surface area (Å²) >= 11 is 0. The number of hydrogen-bond donors (Lipinski definition) is 2. The summed E-state index contributed by atoms with van der Waals surface area (Å²) in [7, 11) is -0.368. The normalized spacial score (nSPS) is 11.4. The van der Waals surface area contributed by atoms with Crippen LogP contribution in [-0.4, -0.2) is 22.5 Å². The molecule has 0 aromatic heterocycles. The first kappa shape index (κ1) is 15.3. The molecule has 3 N–H and O–H groups in total. The van der Waals surface area contributed by atoms with Gasteiger partial charge in [0.15, 0.2) is 0 Å². The molecule has 0 aliphatic carbocycles. The molecular weight excluding hydrogens is 286 g/mol. The predicted octanol–water partition coefficient (Wildman–Crippen LogP) is 2.25. The van der Waals surface area contributed by atoms with Crippen LogP contribution in [0.25, 0.3) is 0 Å². The number of benzene rings is 2. The summed E-state index contributed by atoms with van der Waals surface area (Å²) in [5, 5.41) is 0. The smallest absolute Gasteiger partial charge is 0.242 e. The van der Waals surface area contributed by atoms with Crippen molar-refractivity contribution in [2.75, 3.05) is 24.7 Å². The molecule has 5 nitrogen and oxygen atoms in total. The lowest BCUT2D eigenvalue weighted by Gasteiger charge is -2.24. The fourth-order valence-electron chi connectivity index (χ4n) is 2.20. The lowest BCUT2D eigenvalue weighted by molar-refractivity contribution is 0.588. The fraction of sp³-hybridized carbons (Fsp3) is 0.200. The number of nitrogen functional groups attached to an aromatic ring is 1. The molecule has 0 amide bonds. The Morgan fingerprint density at radius 3 is 2.38 bits per heavy atom. The van der Waals surface area contributed by atoms with Gasteiger partial charge in [0.2, 0.25) is 10.0 Å². The van der Waals surface area contributed by atoms with Crippen molar-refractivity contribution in [1.82, 2.24) is 4.72 Å². The molecule has 0 aliphatic rings. The van der Waals surface area contributed by atoms with E-state index in [0.29, 0.717) is 11.4 Å². The molecule has 2 aromatic carbocycles. The molecule has 0 radical (unpaired) electrons. The molecule has 0 heterocycles. The Kier molecular flexibility index (Phi) is 4.20. The van der Waals surface area contributed by atoms with Crippen molar-refractivity contribution >= 4 is 27.1 Å². The van der Waals surface area contributed by atoms with E-state index >= 15 is 0 Å². The average Bonchev–Trinajstić information content (AvgIpc) is 2.47. The van der Waals surface area contributed by atoms with Crippen LogP contribution in [0.4, 0.5) is 17.1 Å². The molecule has 2 rings (SSSR count). The topological polar surface area (TPSA) is 75.4 Å². The number of nitrogens with zero attached hydrogens (tertiary/aromatic N) is 1. The van der Waals surface area contributed by atoms with Gasteiger partial charge in [-0.1, -0.05) is 18.2 Å². The highest BCUT2D eigenvalue weighted by molar-refractivity contribution is 7.89. The van der Waals surface area contributed by atoms with Crippen LogP contribution in [0.2, 0.25) is 0 Å². The quantitative estimate of drug-likeness (QED) is 0.850. The second-order valence-corrected chi connectivity index (χ2v) is 6.64. The van der Waals surface area contributed by atoms with Gasteiger partial charge in [-0.2, -0.15) is 0 Å². The molecule has 112 valence electrons. The van der Waals surface area contributed by atoms with E-state index in [9.17, 15) is 8.42 Å². The Bertz CT molecular complexity index is 757. The maximum Gasteiger partial charge on any atom is 0.242 e. The van der Waals surface area contributed by atoms with Crippen molar-refractivity contribution in [2.45, 2.75) is 11.8 Å². The van der Waals surface area contributed by atoms with Crippen molar-refractivity contribution in [3.63, 3.8) is 0 Å². The minimum Gasteiger partial charge on any atom is -0.399 e. The zero-order valence-electron chi connectivity index (χ0n) is 12.3. The third-order valence-corrected chi connectivity index (χ3v) is 4.82. The monoisotopic (exact) mass is 305 g/mol. The standard InChI is InChI=1S/C15H19N3O2S/c1-11-6-4-5-7-13(11)18(3)14-9-8-12(16)10-15(14)21(19,20)17-2/h4-10,17H,16H2,1-3H3. The van der Waals surface area contributed by atoms with Gasteiger partial charge >= 0.3 is 0 Å². The third-order valence-electron chi connectivity index (χ3n) is 3.38. The van der Waals surface area contributed by atoms with Crippen LogP contribution in [0, 0.1) is 6.92 Å². The first-order chi connectivity index (χ1) is 9.86. The summed E-state index contributed by atoms with van der Waals surface area (Å²) in [5.74, 6) is 0. The predicted molar refractivity (Wildman–Crippen MR) is 86.3 cm³/mol. The van der Waals surface area contributed by atoms with Crippen LogP contribution >= 0.6 is 0 Å². The number of anilines is 3. The highest BCUT2D eigenvalue weighted by Gasteiger charge is 2.20. The van der Waals surface area contributed by atoms with Gasteiger partial charge in [-0.25, -0.2) is 13.1 Å². The molecule has 0 aliphatic heterocycles. The van der Waals surface area contributed by atoms with Gasteiger partial charge in [0.25, 0.3) is 0 Å². The minimum absolute atomic E-state index is 0.163. The summed E-state index contributed by atoms with van der Waals surface area (Å²) in [4.78, 5) is 2.01. The highest BCUT2D eigenvalue weighted by Crippen LogP contribution is 2.32. The Morgan fingerprint density at radius 1 is 1.10 bits per heavy atom. The van der Waals surface area contributed by atoms with E-state index in [4.69, 9.17) is 5.73 Å². The molecule has 0 spiro atoms. The van der Waals surface area contributed by atoms with E-state index < -0.39 is 10.0 Å². The van der Waals surface area contributed by atoms with Crippen LogP contribution in [0.3, 0.4) is 0 Å². The number of hydrogen-bond acceptors (Lipinski definition) is 4. The Balaban J connectivity index is 2.62. The van der Waals surface area contributed by atoms with Crippen molar-refractivity contribution in [1.29, 1.82) is 0 Å². The van der Waals surface area contributed by atoms with Gasteiger partial charge < -0.3 is 10.6 Å².